The molecule has 0 saturated carbocycles. The van der Waals surface area contributed by atoms with Gasteiger partial charge in [0.25, 0.3) is 5.91 Å². The number of halogens is 1. The summed E-state index contributed by atoms with van der Waals surface area (Å²) in [4.78, 5) is 27.3. The molecule has 0 fully saturated rings. The standard InChI is InChI=1S/C19H17BrN2O4/c1-26-18-8-7-16(20)10-15(18)11-21-12-17(23)14-5-2-13(3-6-14)4-9-19(24)22-25/h2-11,25H,12H2,1H3,(H,22,24)/b9-4+,21-11?. The van der Waals surface area contributed by atoms with Crippen molar-refractivity contribution in [3.8, 4) is 5.75 Å². The van der Waals surface area contributed by atoms with E-state index in [1.165, 1.54) is 17.6 Å². The fourth-order valence-electron chi connectivity index (χ4n) is 2.11. The van der Waals surface area contributed by atoms with Gasteiger partial charge in [0.1, 0.15) is 12.3 Å². The molecule has 2 N–H and O–H groups in total. The van der Waals surface area contributed by atoms with E-state index in [9.17, 15) is 9.59 Å². The van der Waals surface area contributed by atoms with Gasteiger partial charge in [0, 0.05) is 27.9 Å². The minimum atomic E-state index is -0.623. The van der Waals surface area contributed by atoms with E-state index >= 15 is 0 Å². The molecule has 26 heavy (non-hydrogen) atoms. The molecule has 2 rings (SSSR count). The molecule has 2 aromatic rings. The molecule has 0 bridgehead atoms. The van der Waals surface area contributed by atoms with Gasteiger partial charge in [0.15, 0.2) is 5.78 Å². The second-order valence-corrected chi connectivity index (χ2v) is 6.13. The van der Waals surface area contributed by atoms with Crippen molar-refractivity contribution in [3.63, 3.8) is 0 Å². The van der Waals surface area contributed by atoms with Gasteiger partial charge in [-0.1, -0.05) is 40.2 Å². The monoisotopic (exact) mass is 416 g/mol. The summed E-state index contributed by atoms with van der Waals surface area (Å²) in [5, 5.41) is 8.42. The summed E-state index contributed by atoms with van der Waals surface area (Å²) in [6.45, 7) is 0.0117. The lowest BCUT2D eigenvalue weighted by Gasteiger charge is -2.04. The molecular weight excluding hydrogens is 400 g/mol. The highest BCUT2D eigenvalue weighted by molar-refractivity contribution is 9.10. The maximum Gasteiger partial charge on any atom is 0.267 e. The van der Waals surface area contributed by atoms with Crippen LogP contribution in [0.2, 0.25) is 0 Å². The predicted octanol–water partition coefficient (Wildman–Crippen LogP) is 3.28. The first-order chi connectivity index (χ1) is 12.5. The van der Waals surface area contributed by atoms with Crippen LogP contribution in [0.15, 0.2) is 58.0 Å². The fourth-order valence-corrected chi connectivity index (χ4v) is 2.49. The van der Waals surface area contributed by atoms with Crippen molar-refractivity contribution < 1.29 is 19.5 Å². The van der Waals surface area contributed by atoms with Gasteiger partial charge < -0.3 is 4.74 Å². The SMILES string of the molecule is COc1ccc(Br)cc1C=NCC(=O)c1ccc(/C=C/C(=O)NO)cc1. The van der Waals surface area contributed by atoms with E-state index in [0.29, 0.717) is 11.3 Å². The topological polar surface area (TPSA) is 88.0 Å². The van der Waals surface area contributed by atoms with Crippen LogP contribution in [0.3, 0.4) is 0 Å². The summed E-state index contributed by atoms with van der Waals surface area (Å²) in [5.74, 6) is -0.0752. The Kier molecular flexibility index (Phi) is 7.25. The molecule has 1 amide bonds. The second kappa shape index (κ2) is 9.65. The van der Waals surface area contributed by atoms with Crippen LogP contribution in [-0.2, 0) is 4.79 Å². The van der Waals surface area contributed by atoms with Gasteiger partial charge in [0.05, 0.1) is 7.11 Å². The summed E-state index contributed by atoms with van der Waals surface area (Å²) < 4.78 is 6.15. The predicted molar refractivity (Wildman–Crippen MR) is 103 cm³/mol. The van der Waals surface area contributed by atoms with Gasteiger partial charge in [0.2, 0.25) is 0 Å². The molecule has 0 atom stereocenters. The Morgan fingerprint density at radius 1 is 1.23 bits per heavy atom. The largest absolute Gasteiger partial charge is 0.496 e. The molecule has 0 spiro atoms. The summed E-state index contributed by atoms with van der Waals surface area (Å²) in [6, 6.07) is 12.3. The Hall–Kier alpha value is -2.77. The molecule has 2 aromatic carbocycles. The first kappa shape index (κ1) is 19.6. The number of hydrogen-bond donors (Lipinski definition) is 2. The van der Waals surface area contributed by atoms with Crippen molar-refractivity contribution in [3.05, 3.63) is 69.7 Å². The summed E-state index contributed by atoms with van der Waals surface area (Å²) in [5.41, 5.74) is 3.53. The lowest BCUT2D eigenvalue weighted by Crippen LogP contribution is -2.14. The van der Waals surface area contributed by atoms with Crippen molar-refractivity contribution in [1.82, 2.24) is 5.48 Å². The van der Waals surface area contributed by atoms with Crippen LogP contribution in [-0.4, -0.2) is 36.8 Å². The molecule has 0 heterocycles. The minimum absolute atomic E-state index is 0.0117. The van der Waals surface area contributed by atoms with Crippen LogP contribution in [0.5, 0.6) is 5.75 Å². The Morgan fingerprint density at radius 3 is 2.62 bits per heavy atom. The average Bonchev–Trinajstić information content (AvgIpc) is 2.66. The molecule has 0 aliphatic heterocycles. The number of nitrogens with one attached hydrogen (secondary N) is 1. The Balaban J connectivity index is 2.01. The van der Waals surface area contributed by atoms with E-state index in [4.69, 9.17) is 9.94 Å². The van der Waals surface area contributed by atoms with Gasteiger partial charge in [-0.05, 0) is 29.8 Å². The average molecular weight is 417 g/mol. The highest BCUT2D eigenvalue weighted by Crippen LogP contribution is 2.21. The lowest BCUT2D eigenvalue weighted by atomic mass is 10.1. The fraction of sp³-hybridized carbons (Fsp3) is 0.105. The lowest BCUT2D eigenvalue weighted by molar-refractivity contribution is -0.124. The number of ether oxygens (including phenoxy) is 1. The third-order valence-electron chi connectivity index (χ3n) is 3.43. The van der Waals surface area contributed by atoms with Crippen LogP contribution in [0.4, 0.5) is 0 Å². The van der Waals surface area contributed by atoms with E-state index in [-0.39, 0.29) is 12.3 Å². The van der Waals surface area contributed by atoms with Crippen LogP contribution in [0, 0.1) is 0 Å². The van der Waals surface area contributed by atoms with Crippen molar-refractivity contribution in [1.29, 1.82) is 0 Å². The van der Waals surface area contributed by atoms with Gasteiger partial charge in [-0.3, -0.25) is 19.8 Å². The quantitative estimate of drug-likeness (QED) is 0.238. The number of aliphatic imine (C=N–C) groups is 1. The molecule has 0 saturated heterocycles. The maximum absolute atomic E-state index is 12.2. The number of hydroxylamine groups is 1. The summed E-state index contributed by atoms with van der Waals surface area (Å²) >= 11 is 3.39. The van der Waals surface area contributed by atoms with Crippen LogP contribution >= 0.6 is 15.9 Å². The molecule has 0 aliphatic rings. The van der Waals surface area contributed by atoms with Crippen LogP contribution < -0.4 is 10.2 Å². The third kappa shape index (κ3) is 5.65. The van der Waals surface area contributed by atoms with Gasteiger partial charge >= 0.3 is 0 Å². The maximum atomic E-state index is 12.2. The number of nitrogens with zero attached hydrogens (tertiary/aromatic N) is 1. The molecule has 134 valence electrons. The van der Waals surface area contributed by atoms with E-state index in [0.717, 1.165) is 15.6 Å². The molecule has 7 heteroatoms. The minimum Gasteiger partial charge on any atom is -0.496 e. The molecule has 0 unspecified atom stereocenters. The number of carbonyl (C=O) groups is 2. The highest BCUT2D eigenvalue weighted by Gasteiger charge is 2.05. The Bertz CT molecular complexity index is 845. The number of benzene rings is 2. The number of rotatable bonds is 7. The third-order valence-corrected chi connectivity index (χ3v) is 3.92. The summed E-state index contributed by atoms with van der Waals surface area (Å²) in [7, 11) is 1.58. The number of ketones is 1. The molecule has 0 aromatic heterocycles. The first-order valence-electron chi connectivity index (χ1n) is 7.62. The van der Waals surface area contributed by atoms with Crippen molar-refractivity contribution in [2.75, 3.05) is 13.7 Å². The Morgan fingerprint density at radius 2 is 1.96 bits per heavy atom. The van der Waals surface area contributed by atoms with Crippen LogP contribution in [0.1, 0.15) is 21.5 Å². The van der Waals surface area contributed by atoms with E-state index in [1.54, 1.807) is 37.6 Å². The van der Waals surface area contributed by atoms with Crippen LogP contribution in [0.25, 0.3) is 6.08 Å². The zero-order valence-electron chi connectivity index (χ0n) is 14.0. The normalized spacial score (nSPS) is 11.0. The number of hydrogen-bond acceptors (Lipinski definition) is 5. The highest BCUT2D eigenvalue weighted by atomic mass is 79.9. The number of methoxy groups -OCH3 is 1. The van der Waals surface area contributed by atoms with Gasteiger partial charge in [-0.2, -0.15) is 0 Å². The van der Waals surface area contributed by atoms with E-state index in [1.807, 2.05) is 18.2 Å². The number of carbonyl (C=O) groups excluding carboxylic acids is 2. The van der Waals surface area contributed by atoms with E-state index < -0.39 is 5.91 Å². The zero-order chi connectivity index (χ0) is 18.9. The zero-order valence-corrected chi connectivity index (χ0v) is 15.6. The first-order valence-corrected chi connectivity index (χ1v) is 8.41. The second-order valence-electron chi connectivity index (χ2n) is 5.21. The van der Waals surface area contributed by atoms with Crippen molar-refractivity contribution in [2.24, 2.45) is 4.99 Å². The number of Topliss-reactive ketones (excluding diaryl/α,β-unsaturated/α-hetero) is 1. The van der Waals surface area contributed by atoms with Crippen molar-refractivity contribution in [2.45, 2.75) is 0 Å². The molecule has 0 radical (unpaired) electrons. The Labute approximate surface area is 159 Å². The van der Waals surface area contributed by atoms with Gasteiger partial charge in [-0.25, -0.2) is 5.48 Å². The molecule has 6 nitrogen and oxygen atoms in total. The van der Waals surface area contributed by atoms with Gasteiger partial charge in [-0.15, -0.1) is 0 Å². The summed E-state index contributed by atoms with van der Waals surface area (Å²) in [6.07, 6.45) is 4.32. The van der Waals surface area contributed by atoms with E-state index in [2.05, 4.69) is 20.9 Å². The smallest absolute Gasteiger partial charge is 0.267 e. The number of amides is 1. The van der Waals surface area contributed by atoms with Crippen molar-refractivity contribution >= 4 is 39.9 Å². The molecular formula is C19H17BrN2O4. The molecule has 0 aliphatic carbocycles.